The number of fused-ring (bicyclic) bond motifs is 1. The van der Waals surface area contributed by atoms with E-state index in [9.17, 15) is 29.0 Å². The molecule has 7 nitrogen and oxygen atoms in total. The highest BCUT2D eigenvalue weighted by Gasteiger charge is 2.36. The van der Waals surface area contributed by atoms with Crippen molar-refractivity contribution >= 4 is 17.8 Å². The Morgan fingerprint density at radius 3 is 2.14 bits per heavy atom. The van der Waals surface area contributed by atoms with Gasteiger partial charge in [-0.15, -0.1) is 0 Å². The molecule has 0 radical (unpaired) electrons. The van der Waals surface area contributed by atoms with Crippen molar-refractivity contribution in [2.75, 3.05) is 13.7 Å². The first-order chi connectivity index (χ1) is 17.3. The Kier molecular flexibility index (Phi) is 7.45. The predicted molar refractivity (Wildman–Crippen MR) is 130 cm³/mol. The summed E-state index contributed by atoms with van der Waals surface area (Å²) < 4.78 is 19.6. The summed E-state index contributed by atoms with van der Waals surface area (Å²) in [7, 11) is 1.49. The number of ether oxygens (including phenoxy) is 1. The van der Waals surface area contributed by atoms with E-state index in [0.29, 0.717) is 34.4 Å². The molecule has 2 N–H and O–H groups in total. The number of carboxylic acids is 1. The van der Waals surface area contributed by atoms with Gasteiger partial charge in [0.1, 0.15) is 11.6 Å². The number of carbonyl (C=O) groups is 3. The van der Waals surface area contributed by atoms with Crippen LogP contribution in [0.15, 0.2) is 66.7 Å². The molecule has 2 atom stereocenters. The minimum absolute atomic E-state index is 0.0781. The van der Waals surface area contributed by atoms with Crippen molar-refractivity contribution in [3.63, 3.8) is 0 Å². The molecule has 36 heavy (non-hydrogen) atoms. The van der Waals surface area contributed by atoms with Gasteiger partial charge >= 0.3 is 5.97 Å². The summed E-state index contributed by atoms with van der Waals surface area (Å²) in [5.74, 6) is -3.16. The van der Waals surface area contributed by atoms with Gasteiger partial charge in [0.25, 0.3) is 11.8 Å². The Balaban J connectivity index is 1.41. The SMILES string of the molecule is COc1cc(-c2ccccc2F)ccc1CCC(O)C(CCN1C(=O)c2ccccc2C1=O)C(=O)O. The molecule has 0 aromatic heterocycles. The minimum atomic E-state index is -1.21. The number of aryl methyl sites for hydroxylation is 1. The van der Waals surface area contributed by atoms with Gasteiger partial charge in [-0.1, -0.05) is 42.5 Å². The molecule has 1 aliphatic heterocycles. The first-order valence-electron chi connectivity index (χ1n) is 11.6. The van der Waals surface area contributed by atoms with Gasteiger partial charge in [0.05, 0.1) is 30.3 Å². The Bertz CT molecular complexity index is 1270. The van der Waals surface area contributed by atoms with Gasteiger partial charge in [0, 0.05) is 12.1 Å². The summed E-state index contributed by atoms with van der Waals surface area (Å²) in [6.45, 7) is -0.110. The number of aliphatic hydroxyl groups is 1. The zero-order valence-electron chi connectivity index (χ0n) is 19.7. The largest absolute Gasteiger partial charge is 0.496 e. The van der Waals surface area contributed by atoms with Crippen molar-refractivity contribution < 1.29 is 33.7 Å². The molecule has 0 bridgehead atoms. The third-order valence-electron chi connectivity index (χ3n) is 6.50. The highest BCUT2D eigenvalue weighted by Crippen LogP contribution is 2.31. The Morgan fingerprint density at radius 2 is 1.56 bits per heavy atom. The fraction of sp³-hybridized carbons (Fsp3) is 0.250. The number of aliphatic carboxylic acids is 1. The first kappa shape index (κ1) is 25.1. The Labute approximate surface area is 207 Å². The molecular formula is C28H26FNO6. The van der Waals surface area contributed by atoms with Crippen LogP contribution in [0.2, 0.25) is 0 Å². The lowest BCUT2D eigenvalue weighted by atomic mass is 9.92. The molecule has 186 valence electrons. The molecule has 0 fully saturated rings. The highest BCUT2D eigenvalue weighted by atomic mass is 19.1. The van der Waals surface area contributed by atoms with Crippen molar-refractivity contribution in [1.29, 1.82) is 0 Å². The highest BCUT2D eigenvalue weighted by molar-refractivity contribution is 6.21. The second kappa shape index (κ2) is 10.7. The number of halogens is 1. The van der Waals surface area contributed by atoms with Crippen LogP contribution < -0.4 is 4.74 Å². The van der Waals surface area contributed by atoms with E-state index in [4.69, 9.17) is 4.74 Å². The molecule has 8 heteroatoms. The van der Waals surface area contributed by atoms with E-state index in [-0.39, 0.29) is 25.2 Å². The van der Waals surface area contributed by atoms with Crippen molar-refractivity contribution in [1.82, 2.24) is 4.90 Å². The number of amides is 2. The summed E-state index contributed by atoms with van der Waals surface area (Å²) in [5, 5.41) is 20.4. The summed E-state index contributed by atoms with van der Waals surface area (Å²) in [5.41, 5.74) is 2.39. The van der Waals surface area contributed by atoms with Gasteiger partial charge in [-0.25, -0.2) is 4.39 Å². The van der Waals surface area contributed by atoms with Gasteiger partial charge in [0.2, 0.25) is 0 Å². The molecule has 0 spiro atoms. The topological polar surface area (TPSA) is 104 Å². The smallest absolute Gasteiger partial charge is 0.309 e. The lowest BCUT2D eigenvalue weighted by Gasteiger charge is -2.22. The number of imide groups is 1. The fourth-order valence-electron chi connectivity index (χ4n) is 4.51. The molecule has 0 saturated carbocycles. The molecule has 0 aliphatic carbocycles. The average Bonchev–Trinajstić information content (AvgIpc) is 3.12. The number of methoxy groups -OCH3 is 1. The van der Waals surface area contributed by atoms with Gasteiger partial charge in [-0.2, -0.15) is 0 Å². The number of hydrogen-bond donors (Lipinski definition) is 2. The number of benzene rings is 3. The molecule has 1 heterocycles. The van der Waals surface area contributed by atoms with Gasteiger partial charge in [-0.05, 0) is 54.7 Å². The van der Waals surface area contributed by atoms with E-state index in [1.54, 1.807) is 60.7 Å². The van der Waals surface area contributed by atoms with E-state index in [1.165, 1.54) is 13.2 Å². The molecular weight excluding hydrogens is 465 g/mol. The summed E-state index contributed by atoms with van der Waals surface area (Å²) in [6.07, 6.45) is -0.855. The number of rotatable bonds is 10. The predicted octanol–water partition coefficient (Wildman–Crippen LogP) is 4.18. The fourth-order valence-corrected chi connectivity index (χ4v) is 4.51. The van der Waals surface area contributed by atoms with Crippen LogP contribution in [0.5, 0.6) is 5.75 Å². The summed E-state index contributed by atoms with van der Waals surface area (Å²) in [6, 6.07) is 18.1. The van der Waals surface area contributed by atoms with Crippen LogP contribution >= 0.6 is 0 Å². The van der Waals surface area contributed by atoms with E-state index < -0.39 is 29.8 Å². The van der Waals surface area contributed by atoms with Crippen molar-refractivity contribution in [3.8, 4) is 16.9 Å². The standard InChI is InChI=1S/C28H26FNO6/c1-36-25-16-18(19-6-4-5-9-23(19)29)11-10-17(25)12-13-24(31)22(28(34)35)14-15-30-26(32)20-7-2-3-8-21(20)27(30)33/h2-11,16,22,24,31H,12-15H2,1H3,(H,34,35). The zero-order chi connectivity index (χ0) is 25.8. The number of hydrogen-bond acceptors (Lipinski definition) is 5. The number of carboxylic acid groups (broad SMARTS) is 1. The molecule has 0 saturated heterocycles. The van der Waals surface area contributed by atoms with Crippen LogP contribution in [-0.4, -0.2) is 52.7 Å². The van der Waals surface area contributed by atoms with E-state index in [1.807, 2.05) is 0 Å². The normalized spacial score (nSPS) is 14.5. The van der Waals surface area contributed by atoms with Crippen molar-refractivity contribution in [3.05, 3.63) is 89.2 Å². The van der Waals surface area contributed by atoms with E-state index in [2.05, 4.69) is 0 Å². The van der Waals surface area contributed by atoms with Crippen LogP contribution in [0.3, 0.4) is 0 Å². The maximum absolute atomic E-state index is 14.2. The molecule has 4 rings (SSSR count). The second-order valence-electron chi connectivity index (χ2n) is 8.65. The lowest BCUT2D eigenvalue weighted by molar-refractivity contribution is -0.146. The van der Waals surface area contributed by atoms with E-state index in [0.717, 1.165) is 10.5 Å². The minimum Gasteiger partial charge on any atom is -0.496 e. The van der Waals surface area contributed by atoms with Crippen LogP contribution in [0.1, 0.15) is 39.1 Å². The first-order valence-corrected chi connectivity index (χ1v) is 11.6. The summed E-state index contributed by atoms with van der Waals surface area (Å²) >= 11 is 0. The van der Waals surface area contributed by atoms with Crippen LogP contribution in [0.4, 0.5) is 4.39 Å². The molecule has 3 aromatic rings. The van der Waals surface area contributed by atoms with Crippen molar-refractivity contribution in [2.45, 2.75) is 25.4 Å². The molecule has 1 aliphatic rings. The van der Waals surface area contributed by atoms with Gasteiger partial charge < -0.3 is 14.9 Å². The van der Waals surface area contributed by atoms with Crippen LogP contribution in [0.25, 0.3) is 11.1 Å². The van der Waals surface area contributed by atoms with Gasteiger partial charge in [-0.3, -0.25) is 19.3 Å². The monoisotopic (exact) mass is 491 g/mol. The van der Waals surface area contributed by atoms with Crippen LogP contribution in [-0.2, 0) is 11.2 Å². The number of carbonyl (C=O) groups excluding carboxylic acids is 2. The quantitative estimate of drug-likeness (QED) is 0.413. The zero-order valence-corrected chi connectivity index (χ0v) is 19.7. The van der Waals surface area contributed by atoms with Crippen molar-refractivity contribution in [2.24, 2.45) is 5.92 Å². The molecule has 3 aromatic carbocycles. The third kappa shape index (κ3) is 4.99. The van der Waals surface area contributed by atoms with Gasteiger partial charge in [0.15, 0.2) is 0 Å². The maximum Gasteiger partial charge on any atom is 0.309 e. The van der Waals surface area contributed by atoms with Crippen LogP contribution in [0, 0.1) is 11.7 Å². The Hall–Kier alpha value is -4.04. The second-order valence-corrected chi connectivity index (χ2v) is 8.65. The van der Waals surface area contributed by atoms with E-state index >= 15 is 0 Å². The molecule has 2 amide bonds. The number of nitrogens with zero attached hydrogens (tertiary/aromatic N) is 1. The third-order valence-corrected chi connectivity index (χ3v) is 6.50. The Morgan fingerprint density at radius 1 is 0.944 bits per heavy atom. The average molecular weight is 492 g/mol. The molecule has 2 unspecified atom stereocenters. The summed E-state index contributed by atoms with van der Waals surface area (Å²) in [4.78, 5) is 38.0. The lowest BCUT2D eigenvalue weighted by Crippen LogP contribution is -2.36. The number of aliphatic hydroxyl groups excluding tert-OH is 1. The maximum atomic E-state index is 14.2.